The number of carbonyl (C=O) groups is 1. The molecule has 0 unspecified atom stereocenters. The van der Waals surface area contributed by atoms with E-state index in [9.17, 15) is 4.79 Å². The lowest BCUT2D eigenvalue weighted by Crippen LogP contribution is -2.07. The van der Waals surface area contributed by atoms with E-state index in [0.717, 1.165) is 22.5 Å². The summed E-state index contributed by atoms with van der Waals surface area (Å²) < 4.78 is 12.5. The zero-order valence-electron chi connectivity index (χ0n) is 17.6. The van der Waals surface area contributed by atoms with Crippen LogP contribution < -0.4 is 14.8 Å². The molecule has 0 spiro atoms. The van der Waals surface area contributed by atoms with E-state index in [1.165, 1.54) is 11.6 Å². The highest BCUT2D eigenvalue weighted by atomic mass is 16.5. The number of nitrogens with zero attached hydrogens (tertiary/aromatic N) is 2. The van der Waals surface area contributed by atoms with E-state index >= 15 is 0 Å². The van der Waals surface area contributed by atoms with Gasteiger partial charge in [-0.25, -0.2) is 4.98 Å². The van der Waals surface area contributed by atoms with Crippen LogP contribution in [0.3, 0.4) is 0 Å². The molecule has 2 heterocycles. The van der Waals surface area contributed by atoms with Crippen molar-refractivity contribution in [3.05, 3.63) is 84.2 Å². The van der Waals surface area contributed by atoms with Crippen LogP contribution in [0.5, 0.6) is 11.5 Å². The smallest absolute Gasteiger partial charge is 0.248 e. The molecule has 0 saturated carbocycles. The Kier molecular flexibility index (Phi) is 5.71. The van der Waals surface area contributed by atoms with Crippen molar-refractivity contribution in [2.45, 2.75) is 6.92 Å². The van der Waals surface area contributed by atoms with E-state index in [4.69, 9.17) is 9.47 Å². The van der Waals surface area contributed by atoms with Gasteiger partial charge in [-0.3, -0.25) is 4.79 Å². The van der Waals surface area contributed by atoms with Crippen LogP contribution >= 0.6 is 0 Å². The first-order chi connectivity index (χ1) is 15.1. The van der Waals surface area contributed by atoms with E-state index in [1.807, 2.05) is 72.2 Å². The number of pyridine rings is 1. The number of aromatic nitrogens is 2. The number of amides is 1. The summed E-state index contributed by atoms with van der Waals surface area (Å²) in [6.45, 7) is 2.05. The molecule has 4 aromatic rings. The largest absolute Gasteiger partial charge is 0.493 e. The molecule has 6 nitrogen and oxygen atoms in total. The van der Waals surface area contributed by atoms with E-state index < -0.39 is 0 Å². The van der Waals surface area contributed by atoms with Crippen LogP contribution in [0, 0.1) is 6.92 Å². The topological polar surface area (TPSA) is 64.9 Å². The molecule has 0 aliphatic carbocycles. The highest BCUT2D eigenvalue weighted by Gasteiger charge is 2.07. The van der Waals surface area contributed by atoms with Gasteiger partial charge < -0.3 is 19.2 Å². The fraction of sp³-hybridized carbons (Fsp3) is 0.120. The second-order valence-electron chi connectivity index (χ2n) is 7.12. The average molecular weight is 413 g/mol. The van der Waals surface area contributed by atoms with Gasteiger partial charge in [-0.2, -0.15) is 0 Å². The Hall–Kier alpha value is -4.06. The fourth-order valence-corrected chi connectivity index (χ4v) is 3.31. The molecule has 0 atom stereocenters. The van der Waals surface area contributed by atoms with E-state index in [2.05, 4.69) is 10.3 Å². The third-order valence-corrected chi connectivity index (χ3v) is 4.86. The number of nitrogens with one attached hydrogen (secondary N) is 1. The number of rotatable bonds is 6. The van der Waals surface area contributed by atoms with Crippen LogP contribution in [0.15, 0.2) is 73.1 Å². The van der Waals surface area contributed by atoms with E-state index in [1.54, 1.807) is 26.4 Å². The Labute approximate surface area is 180 Å². The van der Waals surface area contributed by atoms with Crippen LogP contribution in [0.1, 0.15) is 11.1 Å². The summed E-state index contributed by atoms with van der Waals surface area (Å²) >= 11 is 0. The first-order valence-electron chi connectivity index (χ1n) is 9.82. The summed E-state index contributed by atoms with van der Waals surface area (Å²) in [5.41, 5.74) is 5.37. The lowest BCUT2D eigenvalue weighted by Gasteiger charge is -2.07. The lowest BCUT2D eigenvalue weighted by molar-refractivity contribution is -0.111. The van der Waals surface area contributed by atoms with E-state index in [0.29, 0.717) is 17.2 Å². The average Bonchev–Trinajstić information content (AvgIpc) is 3.21. The normalized spacial score (nSPS) is 11.1. The van der Waals surface area contributed by atoms with Gasteiger partial charge in [-0.15, -0.1) is 0 Å². The number of imidazole rings is 1. The van der Waals surface area contributed by atoms with Crippen molar-refractivity contribution in [1.82, 2.24) is 9.38 Å². The molecule has 0 aliphatic rings. The number of benzene rings is 2. The van der Waals surface area contributed by atoms with Gasteiger partial charge in [-0.1, -0.05) is 24.3 Å². The maximum Gasteiger partial charge on any atom is 0.248 e. The summed E-state index contributed by atoms with van der Waals surface area (Å²) in [5.74, 6) is 1.03. The molecule has 0 fully saturated rings. The quantitative estimate of drug-likeness (QED) is 0.453. The van der Waals surface area contributed by atoms with Crippen LogP contribution in [0.2, 0.25) is 0 Å². The van der Waals surface area contributed by atoms with Gasteiger partial charge >= 0.3 is 0 Å². The molecule has 31 heavy (non-hydrogen) atoms. The number of carbonyl (C=O) groups excluding carboxylic acids is 1. The minimum atomic E-state index is -0.224. The summed E-state index contributed by atoms with van der Waals surface area (Å²) in [6.07, 6.45) is 7.24. The van der Waals surface area contributed by atoms with Gasteiger partial charge in [0.1, 0.15) is 5.65 Å². The first kappa shape index (κ1) is 20.2. The maximum absolute atomic E-state index is 12.4. The monoisotopic (exact) mass is 413 g/mol. The number of methoxy groups -OCH3 is 2. The SMILES string of the molecule is COc1ccc(/C=C/C(=O)Nc2cccc(-c3cn4cc(C)ccc4n3)c2)cc1OC. The third kappa shape index (κ3) is 4.59. The standard InChI is InChI=1S/C25H23N3O3/c1-17-7-11-24-27-21(16-28(24)15-17)19-5-4-6-20(14-19)26-25(29)12-9-18-8-10-22(30-2)23(13-18)31-3/h4-16H,1-3H3,(H,26,29)/b12-9+. The second kappa shape index (κ2) is 8.75. The number of aryl methyl sites for hydroxylation is 1. The third-order valence-electron chi connectivity index (χ3n) is 4.86. The Morgan fingerprint density at radius 1 is 1.00 bits per heavy atom. The lowest BCUT2D eigenvalue weighted by atomic mass is 10.1. The van der Waals surface area contributed by atoms with Crippen molar-refractivity contribution < 1.29 is 14.3 Å². The van der Waals surface area contributed by atoms with Gasteiger partial charge in [-0.05, 0) is 54.5 Å². The fourth-order valence-electron chi connectivity index (χ4n) is 3.31. The molecule has 2 aromatic carbocycles. The molecule has 0 radical (unpaired) electrons. The molecular weight excluding hydrogens is 390 g/mol. The van der Waals surface area contributed by atoms with Crippen LogP contribution in [-0.2, 0) is 4.79 Å². The van der Waals surface area contributed by atoms with Gasteiger partial charge in [0.25, 0.3) is 0 Å². The molecule has 0 saturated heterocycles. The van der Waals surface area contributed by atoms with Crippen molar-refractivity contribution in [2.75, 3.05) is 19.5 Å². The number of anilines is 1. The summed E-state index contributed by atoms with van der Waals surface area (Å²) in [5, 5.41) is 2.90. The minimum absolute atomic E-state index is 0.224. The Balaban J connectivity index is 1.49. The number of hydrogen-bond acceptors (Lipinski definition) is 4. The van der Waals surface area contributed by atoms with Gasteiger partial charge in [0.05, 0.1) is 19.9 Å². The molecule has 6 heteroatoms. The highest BCUT2D eigenvalue weighted by Crippen LogP contribution is 2.28. The molecule has 1 amide bonds. The van der Waals surface area contributed by atoms with Crippen molar-refractivity contribution in [3.8, 4) is 22.8 Å². The Morgan fingerprint density at radius 2 is 1.84 bits per heavy atom. The predicted molar refractivity (Wildman–Crippen MR) is 123 cm³/mol. The van der Waals surface area contributed by atoms with Gasteiger partial charge in [0, 0.05) is 29.7 Å². The predicted octanol–water partition coefficient (Wildman–Crippen LogP) is 4.98. The summed E-state index contributed by atoms with van der Waals surface area (Å²) in [6, 6.07) is 17.1. The van der Waals surface area contributed by atoms with E-state index in [-0.39, 0.29) is 5.91 Å². The molecule has 0 bridgehead atoms. The summed E-state index contributed by atoms with van der Waals surface area (Å²) in [7, 11) is 3.16. The zero-order chi connectivity index (χ0) is 21.8. The van der Waals surface area contributed by atoms with Gasteiger partial charge in [0.15, 0.2) is 11.5 Å². The van der Waals surface area contributed by atoms with Crippen LogP contribution in [-0.4, -0.2) is 29.5 Å². The van der Waals surface area contributed by atoms with Gasteiger partial charge in [0.2, 0.25) is 5.91 Å². The molecular formula is C25H23N3O3. The minimum Gasteiger partial charge on any atom is -0.493 e. The Morgan fingerprint density at radius 3 is 2.65 bits per heavy atom. The van der Waals surface area contributed by atoms with Crippen molar-refractivity contribution in [2.24, 2.45) is 0 Å². The van der Waals surface area contributed by atoms with Crippen molar-refractivity contribution in [1.29, 1.82) is 0 Å². The second-order valence-corrected chi connectivity index (χ2v) is 7.12. The zero-order valence-corrected chi connectivity index (χ0v) is 17.6. The molecule has 0 aliphatic heterocycles. The van der Waals surface area contributed by atoms with Crippen LogP contribution in [0.25, 0.3) is 23.0 Å². The number of fused-ring (bicyclic) bond motifs is 1. The number of hydrogen-bond donors (Lipinski definition) is 1. The van der Waals surface area contributed by atoms with Crippen molar-refractivity contribution in [3.63, 3.8) is 0 Å². The van der Waals surface area contributed by atoms with Crippen LogP contribution in [0.4, 0.5) is 5.69 Å². The highest BCUT2D eigenvalue weighted by molar-refractivity contribution is 6.02. The summed E-state index contributed by atoms with van der Waals surface area (Å²) in [4.78, 5) is 17.1. The number of ether oxygens (including phenoxy) is 2. The molecule has 156 valence electrons. The molecule has 4 rings (SSSR count). The molecule has 2 aromatic heterocycles. The maximum atomic E-state index is 12.4. The first-order valence-corrected chi connectivity index (χ1v) is 9.82. The van der Waals surface area contributed by atoms with Crippen molar-refractivity contribution >= 4 is 23.3 Å². The molecule has 1 N–H and O–H groups in total. The Bertz CT molecular complexity index is 1270.